The van der Waals surface area contributed by atoms with Crippen molar-refractivity contribution in [3.63, 3.8) is 0 Å². The fourth-order valence-electron chi connectivity index (χ4n) is 2.90. The first-order chi connectivity index (χ1) is 12.4. The average molecular weight is 361 g/mol. The molecule has 2 N–H and O–H groups in total. The van der Waals surface area contributed by atoms with Crippen LogP contribution in [0.5, 0.6) is 0 Å². The van der Waals surface area contributed by atoms with Crippen LogP contribution in [0, 0.1) is 5.92 Å². The number of rotatable bonds is 12. The van der Waals surface area contributed by atoms with Crippen molar-refractivity contribution in [1.82, 2.24) is 5.32 Å². The molecular weight excluding hydrogens is 324 g/mol. The summed E-state index contributed by atoms with van der Waals surface area (Å²) in [6, 6.07) is 7.95. The summed E-state index contributed by atoms with van der Waals surface area (Å²) in [5.41, 5.74) is 2.06. The summed E-state index contributed by atoms with van der Waals surface area (Å²) >= 11 is 0. The van der Waals surface area contributed by atoms with E-state index in [0.717, 1.165) is 18.7 Å². The highest BCUT2D eigenvalue weighted by Gasteiger charge is 2.13. The highest BCUT2D eigenvalue weighted by atomic mass is 16.2. The molecule has 1 rings (SSSR count). The third-order valence-corrected chi connectivity index (χ3v) is 4.53. The molecule has 0 radical (unpaired) electrons. The molecule has 0 aliphatic heterocycles. The van der Waals surface area contributed by atoms with E-state index in [-0.39, 0.29) is 17.7 Å². The minimum absolute atomic E-state index is 0.0324. The summed E-state index contributed by atoms with van der Waals surface area (Å²) in [7, 11) is 0. The molecule has 1 atom stereocenters. The van der Waals surface area contributed by atoms with Gasteiger partial charge in [-0.2, -0.15) is 0 Å². The Balaban J connectivity index is 2.23. The largest absolute Gasteiger partial charge is 0.356 e. The van der Waals surface area contributed by atoms with Gasteiger partial charge in [-0.25, -0.2) is 0 Å². The van der Waals surface area contributed by atoms with E-state index in [1.807, 2.05) is 31.2 Å². The van der Waals surface area contributed by atoms with Gasteiger partial charge in [0.15, 0.2) is 0 Å². The molecule has 1 aromatic carbocycles. The van der Waals surface area contributed by atoms with Crippen LogP contribution in [0.3, 0.4) is 0 Å². The Morgan fingerprint density at radius 2 is 1.50 bits per heavy atom. The van der Waals surface area contributed by atoms with Crippen molar-refractivity contribution >= 4 is 17.5 Å². The summed E-state index contributed by atoms with van der Waals surface area (Å²) in [4.78, 5) is 24.1. The van der Waals surface area contributed by atoms with E-state index in [0.29, 0.717) is 18.8 Å². The minimum Gasteiger partial charge on any atom is -0.356 e. The number of carbonyl (C=O) groups is 2. The summed E-state index contributed by atoms with van der Waals surface area (Å²) in [6.07, 6.45) is 6.69. The summed E-state index contributed by atoms with van der Waals surface area (Å²) in [5.74, 6) is 0.513. The first kappa shape index (κ1) is 22.2. The molecule has 0 fully saturated rings. The van der Waals surface area contributed by atoms with Crippen molar-refractivity contribution in [2.24, 2.45) is 5.92 Å². The molecule has 1 unspecified atom stereocenters. The molecule has 0 spiro atoms. The van der Waals surface area contributed by atoms with Crippen LogP contribution in [0.1, 0.15) is 84.1 Å². The highest BCUT2D eigenvalue weighted by Crippen LogP contribution is 2.18. The van der Waals surface area contributed by atoms with Crippen molar-refractivity contribution in [3.8, 4) is 0 Å². The summed E-state index contributed by atoms with van der Waals surface area (Å²) in [6.45, 7) is 9.17. The lowest BCUT2D eigenvalue weighted by Crippen LogP contribution is -2.27. The van der Waals surface area contributed by atoms with Crippen LogP contribution in [0.15, 0.2) is 24.3 Å². The molecule has 2 amide bonds. The molecule has 0 aliphatic carbocycles. The Morgan fingerprint density at radius 1 is 0.885 bits per heavy atom. The van der Waals surface area contributed by atoms with Crippen LogP contribution in [-0.2, 0) is 9.59 Å². The van der Waals surface area contributed by atoms with Gasteiger partial charge in [0.05, 0.1) is 0 Å². The van der Waals surface area contributed by atoms with Gasteiger partial charge in [0, 0.05) is 25.1 Å². The lowest BCUT2D eigenvalue weighted by Gasteiger charge is -2.12. The fourth-order valence-corrected chi connectivity index (χ4v) is 2.90. The van der Waals surface area contributed by atoms with E-state index in [1.165, 1.54) is 31.2 Å². The molecule has 0 saturated carbocycles. The van der Waals surface area contributed by atoms with Gasteiger partial charge in [0.1, 0.15) is 0 Å². The van der Waals surface area contributed by atoms with E-state index < -0.39 is 0 Å². The maximum absolute atomic E-state index is 12.1. The molecule has 0 bridgehead atoms. The lowest BCUT2D eigenvalue weighted by atomic mass is 10.0. The van der Waals surface area contributed by atoms with Crippen LogP contribution in [-0.4, -0.2) is 18.4 Å². The van der Waals surface area contributed by atoms with Crippen molar-refractivity contribution in [1.29, 1.82) is 0 Å². The SMILES string of the molecule is CCCCCCCNC(=O)CC(C)CC(=O)Nc1ccc(C(C)C)cc1. The maximum atomic E-state index is 12.1. The van der Waals surface area contributed by atoms with Crippen molar-refractivity contribution in [3.05, 3.63) is 29.8 Å². The van der Waals surface area contributed by atoms with Crippen molar-refractivity contribution in [2.75, 3.05) is 11.9 Å². The Morgan fingerprint density at radius 3 is 2.12 bits per heavy atom. The smallest absolute Gasteiger partial charge is 0.224 e. The van der Waals surface area contributed by atoms with E-state index in [1.54, 1.807) is 0 Å². The van der Waals surface area contributed by atoms with E-state index in [9.17, 15) is 9.59 Å². The van der Waals surface area contributed by atoms with Gasteiger partial charge >= 0.3 is 0 Å². The maximum Gasteiger partial charge on any atom is 0.224 e. The zero-order valence-corrected chi connectivity index (χ0v) is 16.9. The Bertz CT molecular complexity index is 538. The van der Waals surface area contributed by atoms with Crippen LogP contribution in [0.2, 0.25) is 0 Å². The van der Waals surface area contributed by atoms with Crippen LogP contribution >= 0.6 is 0 Å². The van der Waals surface area contributed by atoms with Gasteiger partial charge in [0.25, 0.3) is 0 Å². The van der Waals surface area contributed by atoms with E-state index in [4.69, 9.17) is 0 Å². The highest BCUT2D eigenvalue weighted by molar-refractivity contribution is 5.91. The Labute approximate surface area is 159 Å². The van der Waals surface area contributed by atoms with Crippen LogP contribution < -0.4 is 10.6 Å². The van der Waals surface area contributed by atoms with Crippen LogP contribution in [0.25, 0.3) is 0 Å². The number of benzene rings is 1. The number of carbonyl (C=O) groups excluding carboxylic acids is 2. The lowest BCUT2D eigenvalue weighted by molar-refractivity contribution is -0.122. The van der Waals surface area contributed by atoms with Gasteiger partial charge in [-0.15, -0.1) is 0 Å². The second kappa shape index (κ2) is 12.5. The monoisotopic (exact) mass is 360 g/mol. The second-order valence-electron chi connectivity index (χ2n) is 7.60. The van der Waals surface area contributed by atoms with E-state index in [2.05, 4.69) is 31.4 Å². The van der Waals surface area contributed by atoms with E-state index >= 15 is 0 Å². The first-order valence-electron chi connectivity index (χ1n) is 10.1. The number of amides is 2. The predicted octanol–water partition coefficient (Wildman–Crippen LogP) is 5.25. The number of hydrogen-bond donors (Lipinski definition) is 2. The summed E-state index contributed by atoms with van der Waals surface area (Å²) in [5, 5.41) is 5.87. The van der Waals surface area contributed by atoms with Gasteiger partial charge in [-0.05, 0) is 36.0 Å². The molecule has 1 aromatic rings. The van der Waals surface area contributed by atoms with Crippen molar-refractivity contribution in [2.45, 2.75) is 78.6 Å². The van der Waals surface area contributed by atoms with Gasteiger partial charge < -0.3 is 10.6 Å². The number of nitrogens with one attached hydrogen (secondary N) is 2. The Kier molecular flexibility index (Phi) is 10.7. The molecule has 0 aromatic heterocycles. The third kappa shape index (κ3) is 9.59. The van der Waals surface area contributed by atoms with Crippen molar-refractivity contribution < 1.29 is 9.59 Å². The molecular formula is C22H36N2O2. The molecule has 4 nitrogen and oxygen atoms in total. The molecule has 26 heavy (non-hydrogen) atoms. The predicted molar refractivity (Wildman–Crippen MR) is 109 cm³/mol. The fraction of sp³-hybridized carbons (Fsp3) is 0.636. The first-order valence-corrected chi connectivity index (χ1v) is 10.1. The normalized spacial score (nSPS) is 12.0. The Hall–Kier alpha value is -1.84. The average Bonchev–Trinajstić information content (AvgIpc) is 2.58. The third-order valence-electron chi connectivity index (χ3n) is 4.53. The number of unbranched alkanes of at least 4 members (excludes halogenated alkanes) is 4. The van der Waals surface area contributed by atoms with Gasteiger partial charge in [0.2, 0.25) is 11.8 Å². The van der Waals surface area contributed by atoms with Gasteiger partial charge in [-0.3, -0.25) is 9.59 Å². The second-order valence-corrected chi connectivity index (χ2v) is 7.60. The zero-order chi connectivity index (χ0) is 19.4. The molecule has 4 heteroatoms. The molecule has 0 aliphatic rings. The quantitative estimate of drug-likeness (QED) is 0.500. The van der Waals surface area contributed by atoms with Gasteiger partial charge in [-0.1, -0.05) is 65.5 Å². The summed E-state index contributed by atoms with van der Waals surface area (Å²) < 4.78 is 0. The standard InChI is InChI=1S/C22H36N2O2/c1-5-6-7-8-9-14-23-21(25)15-18(4)16-22(26)24-20-12-10-19(11-13-20)17(2)3/h10-13,17-18H,5-9,14-16H2,1-4H3,(H,23,25)(H,24,26). The molecule has 0 heterocycles. The van der Waals surface area contributed by atoms with Crippen LogP contribution in [0.4, 0.5) is 5.69 Å². The molecule has 0 saturated heterocycles. The topological polar surface area (TPSA) is 58.2 Å². The molecule has 146 valence electrons. The number of anilines is 1. The zero-order valence-electron chi connectivity index (χ0n) is 16.9. The number of hydrogen-bond acceptors (Lipinski definition) is 2. The minimum atomic E-state index is -0.0397.